The number of hydrogen-bond acceptors (Lipinski definition) is 3. The van der Waals surface area contributed by atoms with E-state index in [1.165, 1.54) is 0 Å². The molecule has 0 heterocycles. The second-order valence-corrected chi connectivity index (χ2v) is 4.52. The molecule has 1 aromatic carbocycles. The SMILES string of the molecule is C=CCN(CCOC)c1ccc([C@H](C)O)cc1Cl. The highest BCUT2D eigenvalue weighted by Gasteiger charge is 2.11. The van der Waals surface area contributed by atoms with Gasteiger partial charge in [-0.15, -0.1) is 6.58 Å². The second kappa shape index (κ2) is 7.41. The summed E-state index contributed by atoms with van der Waals surface area (Å²) in [6.45, 7) is 7.54. The molecule has 0 amide bonds. The molecular weight excluding hydrogens is 250 g/mol. The van der Waals surface area contributed by atoms with Crippen molar-refractivity contribution in [1.82, 2.24) is 0 Å². The van der Waals surface area contributed by atoms with E-state index >= 15 is 0 Å². The van der Waals surface area contributed by atoms with Gasteiger partial charge in [-0.1, -0.05) is 23.7 Å². The highest BCUT2D eigenvalue weighted by atomic mass is 35.5. The number of hydrogen-bond donors (Lipinski definition) is 1. The molecule has 4 heteroatoms. The highest BCUT2D eigenvalue weighted by Crippen LogP contribution is 2.28. The Balaban J connectivity index is 2.93. The summed E-state index contributed by atoms with van der Waals surface area (Å²) in [6, 6.07) is 5.60. The van der Waals surface area contributed by atoms with Crippen molar-refractivity contribution in [3.8, 4) is 0 Å². The summed E-state index contributed by atoms with van der Waals surface area (Å²) in [6.07, 6.45) is 1.32. The molecule has 1 N–H and O–H groups in total. The molecule has 1 atom stereocenters. The van der Waals surface area contributed by atoms with Crippen molar-refractivity contribution in [2.75, 3.05) is 31.7 Å². The largest absolute Gasteiger partial charge is 0.389 e. The Bertz CT molecular complexity index is 393. The monoisotopic (exact) mass is 269 g/mol. The van der Waals surface area contributed by atoms with Crippen LogP contribution in [0.25, 0.3) is 0 Å². The highest BCUT2D eigenvalue weighted by molar-refractivity contribution is 6.33. The lowest BCUT2D eigenvalue weighted by Gasteiger charge is -2.24. The van der Waals surface area contributed by atoms with Crippen molar-refractivity contribution in [2.24, 2.45) is 0 Å². The Kier molecular flexibility index (Phi) is 6.19. The quantitative estimate of drug-likeness (QED) is 0.773. The first-order valence-electron chi connectivity index (χ1n) is 5.92. The van der Waals surface area contributed by atoms with Crippen LogP contribution in [0.2, 0.25) is 5.02 Å². The van der Waals surface area contributed by atoms with Crippen LogP contribution in [0.4, 0.5) is 5.69 Å². The van der Waals surface area contributed by atoms with E-state index in [-0.39, 0.29) is 0 Å². The van der Waals surface area contributed by atoms with Crippen molar-refractivity contribution in [1.29, 1.82) is 0 Å². The van der Waals surface area contributed by atoms with Gasteiger partial charge in [-0.3, -0.25) is 0 Å². The summed E-state index contributed by atoms with van der Waals surface area (Å²) in [5.41, 5.74) is 1.74. The molecule has 18 heavy (non-hydrogen) atoms. The molecule has 0 unspecified atom stereocenters. The maximum atomic E-state index is 9.51. The van der Waals surface area contributed by atoms with Crippen molar-refractivity contribution < 1.29 is 9.84 Å². The van der Waals surface area contributed by atoms with Crippen LogP contribution in [0.1, 0.15) is 18.6 Å². The van der Waals surface area contributed by atoms with Gasteiger partial charge in [0, 0.05) is 20.2 Å². The first-order chi connectivity index (χ1) is 8.60. The van der Waals surface area contributed by atoms with Gasteiger partial charge in [0.05, 0.1) is 23.4 Å². The Labute approximate surface area is 114 Å². The molecule has 1 aromatic rings. The van der Waals surface area contributed by atoms with Crippen LogP contribution in [0.5, 0.6) is 0 Å². The van der Waals surface area contributed by atoms with Crippen molar-refractivity contribution in [2.45, 2.75) is 13.0 Å². The molecule has 0 bridgehead atoms. The fraction of sp³-hybridized carbons (Fsp3) is 0.429. The summed E-state index contributed by atoms with van der Waals surface area (Å²) < 4.78 is 5.08. The maximum absolute atomic E-state index is 9.51. The molecule has 1 rings (SSSR count). The van der Waals surface area contributed by atoms with E-state index in [1.807, 2.05) is 18.2 Å². The topological polar surface area (TPSA) is 32.7 Å². The Hall–Kier alpha value is -1.03. The molecular formula is C14H20ClNO2. The fourth-order valence-corrected chi connectivity index (χ4v) is 2.02. The average molecular weight is 270 g/mol. The summed E-state index contributed by atoms with van der Waals surface area (Å²) in [4.78, 5) is 2.09. The van der Waals surface area contributed by atoms with Crippen molar-refractivity contribution >= 4 is 17.3 Å². The summed E-state index contributed by atoms with van der Waals surface area (Å²) in [7, 11) is 1.67. The molecule has 3 nitrogen and oxygen atoms in total. The van der Waals surface area contributed by atoms with Crippen LogP contribution < -0.4 is 4.90 Å². The second-order valence-electron chi connectivity index (χ2n) is 4.11. The van der Waals surface area contributed by atoms with Gasteiger partial charge in [0.1, 0.15) is 0 Å². The van der Waals surface area contributed by atoms with Crippen LogP contribution in [0.3, 0.4) is 0 Å². The normalized spacial score (nSPS) is 12.2. The number of aliphatic hydroxyl groups is 1. The predicted molar refractivity (Wildman–Crippen MR) is 76.4 cm³/mol. The molecule has 100 valence electrons. The minimum atomic E-state index is -0.511. The summed E-state index contributed by atoms with van der Waals surface area (Å²) in [5.74, 6) is 0. The fourth-order valence-electron chi connectivity index (χ4n) is 1.71. The van der Waals surface area contributed by atoms with Gasteiger partial charge in [0.25, 0.3) is 0 Å². The standard InChI is InChI=1S/C14H20ClNO2/c1-4-7-16(8-9-18-3)14-6-5-12(11(2)17)10-13(14)15/h4-6,10-11,17H,1,7-9H2,2-3H3/t11-/m0/s1. The van der Waals surface area contributed by atoms with Gasteiger partial charge in [0.2, 0.25) is 0 Å². The lowest BCUT2D eigenvalue weighted by Crippen LogP contribution is -2.27. The third-order valence-electron chi connectivity index (χ3n) is 2.71. The third kappa shape index (κ3) is 4.02. The van der Waals surface area contributed by atoms with E-state index in [4.69, 9.17) is 16.3 Å². The molecule has 0 saturated carbocycles. The lowest BCUT2D eigenvalue weighted by atomic mass is 10.1. The molecule has 0 aromatic heterocycles. The number of aliphatic hydroxyl groups excluding tert-OH is 1. The van der Waals surface area contributed by atoms with Gasteiger partial charge in [-0.25, -0.2) is 0 Å². The Morgan fingerprint density at radius 3 is 2.78 bits per heavy atom. The van der Waals surface area contributed by atoms with E-state index in [9.17, 15) is 5.11 Å². The summed E-state index contributed by atoms with van der Waals surface area (Å²) >= 11 is 6.25. The van der Waals surface area contributed by atoms with E-state index < -0.39 is 6.10 Å². The van der Waals surface area contributed by atoms with Crippen molar-refractivity contribution in [3.05, 3.63) is 41.4 Å². The van der Waals surface area contributed by atoms with Crippen LogP contribution in [0.15, 0.2) is 30.9 Å². The van der Waals surface area contributed by atoms with Gasteiger partial charge in [-0.2, -0.15) is 0 Å². The van der Waals surface area contributed by atoms with Gasteiger partial charge in [-0.05, 0) is 24.6 Å². The van der Waals surface area contributed by atoms with E-state index in [0.29, 0.717) is 18.2 Å². The minimum Gasteiger partial charge on any atom is -0.389 e. The number of halogens is 1. The van der Waals surface area contributed by atoms with Gasteiger partial charge < -0.3 is 14.7 Å². The molecule has 0 radical (unpaired) electrons. The predicted octanol–water partition coefficient (Wildman–Crippen LogP) is 3.03. The smallest absolute Gasteiger partial charge is 0.0762 e. The summed E-state index contributed by atoms with van der Waals surface area (Å²) in [5, 5.41) is 10.1. The molecule has 0 saturated heterocycles. The molecule has 0 aliphatic carbocycles. The number of ether oxygens (including phenoxy) is 1. The van der Waals surface area contributed by atoms with E-state index in [0.717, 1.165) is 17.8 Å². The Morgan fingerprint density at radius 1 is 1.56 bits per heavy atom. The number of benzene rings is 1. The zero-order chi connectivity index (χ0) is 13.5. The Morgan fingerprint density at radius 2 is 2.28 bits per heavy atom. The zero-order valence-corrected chi connectivity index (χ0v) is 11.7. The number of nitrogens with zero attached hydrogens (tertiary/aromatic N) is 1. The first kappa shape index (κ1) is 15.0. The van der Waals surface area contributed by atoms with Gasteiger partial charge >= 0.3 is 0 Å². The van der Waals surface area contributed by atoms with E-state index in [1.54, 1.807) is 20.1 Å². The number of methoxy groups -OCH3 is 1. The van der Waals surface area contributed by atoms with Crippen LogP contribution in [-0.2, 0) is 4.74 Å². The number of anilines is 1. The molecule has 0 spiro atoms. The first-order valence-corrected chi connectivity index (χ1v) is 6.30. The minimum absolute atomic E-state index is 0.511. The zero-order valence-electron chi connectivity index (χ0n) is 10.9. The molecule has 0 fully saturated rings. The van der Waals surface area contributed by atoms with Crippen molar-refractivity contribution in [3.63, 3.8) is 0 Å². The van der Waals surface area contributed by atoms with Crippen LogP contribution >= 0.6 is 11.6 Å². The van der Waals surface area contributed by atoms with E-state index in [2.05, 4.69) is 11.5 Å². The average Bonchev–Trinajstić information content (AvgIpc) is 2.34. The lowest BCUT2D eigenvalue weighted by molar-refractivity contribution is 0.199. The van der Waals surface area contributed by atoms with Crippen LogP contribution in [0, 0.1) is 0 Å². The van der Waals surface area contributed by atoms with Gasteiger partial charge in [0.15, 0.2) is 0 Å². The third-order valence-corrected chi connectivity index (χ3v) is 3.01. The molecule has 0 aliphatic rings. The molecule has 0 aliphatic heterocycles. The number of rotatable bonds is 7. The maximum Gasteiger partial charge on any atom is 0.0762 e. The van der Waals surface area contributed by atoms with Crippen LogP contribution in [-0.4, -0.2) is 31.9 Å².